The Balaban J connectivity index is 1.88. The number of anilines is 1. The minimum atomic E-state index is -0.261. The van der Waals surface area contributed by atoms with E-state index in [-0.39, 0.29) is 28.9 Å². The largest absolute Gasteiger partial charge is 0.369 e. The Labute approximate surface area is 170 Å². The molecule has 0 unspecified atom stereocenters. The number of amides is 1. The van der Waals surface area contributed by atoms with Gasteiger partial charge in [-0.2, -0.15) is 0 Å². The topological polar surface area (TPSA) is 49.4 Å². The molecule has 1 saturated heterocycles. The molecule has 1 fully saturated rings. The molecule has 0 radical (unpaired) electrons. The minimum Gasteiger partial charge on any atom is -0.369 e. The maximum Gasteiger partial charge on any atom is 0.224 e. The van der Waals surface area contributed by atoms with Gasteiger partial charge >= 0.3 is 0 Å². The number of alkyl halides is 2. The van der Waals surface area contributed by atoms with Crippen LogP contribution in [0.15, 0.2) is 36.0 Å². The molecule has 0 bridgehead atoms. The van der Waals surface area contributed by atoms with Gasteiger partial charge in [0, 0.05) is 55.0 Å². The third-order valence-electron chi connectivity index (χ3n) is 5.34. The summed E-state index contributed by atoms with van der Waals surface area (Å²) in [6.07, 6.45) is 2.89. The van der Waals surface area contributed by atoms with Crippen LogP contribution < -0.4 is 10.2 Å². The molecule has 6 heteroatoms. The van der Waals surface area contributed by atoms with Crippen LogP contribution in [-0.2, 0) is 9.59 Å². The zero-order valence-electron chi connectivity index (χ0n) is 15.8. The highest BCUT2D eigenvalue weighted by atomic mass is 35.5. The first-order valence-electron chi connectivity index (χ1n) is 9.37. The number of allylic oxidation sites excluding steroid dienone is 2. The zero-order chi connectivity index (χ0) is 19.6. The molecule has 1 amide bonds. The molecular formula is C21H26Cl2N2O2. The average Bonchev–Trinajstić information content (AvgIpc) is 2.59. The van der Waals surface area contributed by atoms with Gasteiger partial charge in [-0.05, 0) is 23.1 Å². The van der Waals surface area contributed by atoms with Crippen LogP contribution in [0.3, 0.4) is 0 Å². The van der Waals surface area contributed by atoms with Gasteiger partial charge in [-0.25, -0.2) is 0 Å². The summed E-state index contributed by atoms with van der Waals surface area (Å²) in [5.41, 5.74) is 2.62. The second-order valence-electron chi connectivity index (χ2n) is 8.02. The Morgan fingerprint density at radius 3 is 2.33 bits per heavy atom. The van der Waals surface area contributed by atoms with Crippen molar-refractivity contribution in [2.75, 3.05) is 29.7 Å². The Morgan fingerprint density at radius 1 is 1.11 bits per heavy atom. The summed E-state index contributed by atoms with van der Waals surface area (Å²) >= 11 is 11.8. The van der Waals surface area contributed by atoms with E-state index in [1.54, 1.807) is 0 Å². The van der Waals surface area contributed by atoms with Crippen molar-refractivity contribution < 1.29 is 9.59 Å². The van der Waals surface area contributed by atoms with E-state index in [4.69, 9.17) is 23.2 Å². The number of fused-ring (bicyclic) bond motifs is 1. The number of rotatable bonds is 6. The van der Waals surface area contributed by atoms with Gasteiger partial charge in [-0.3, -0.25) is 9.59 Å². The van der Waals surface area contributed by atoms with Crippen LogP contribution in [0.25, 0.3) is 0 Å². The van der Waals surface area contributed by atoms with Gasteiger partial charge in [0.1, 0.15) is 5.78 Å². The minimum absolute atomic E-state index is 0.0250. The van der Waals surface area contributed by atoms with Gasteiger partial charge in [0.05, 0.1) is 5.92 Å². The Hall–Kier alpha value is -1.52. The molecule has 1 aromatic carbocycles. The van der Waals surface area contributed by atoms with Gasteiger partial charge in [0.25, 0.3) is 0 Å². The maximum absolute atomic E-state index is 12.9. The molecule has 1 aromatic rings. The molecule has 1 N–H and O–H groups in total. The van der Waals surface area contributed by atoms with E-state index in [2.05, 4.69) is 16.3 Å². The average molecular weight is 409 g/mol. The normalized spacial score (nSPS) is 24.1. The van der Waals surface area contributed by atoms with E-state index in [0.29, 0.717) is 24.6 Å². The monoisotopic (exact) mass is 408 g/mol. The molecule has 3 rings (SSSR count). The van der Waals surface area contributed by atoms with Crippen molar-refractivity contribution in [3.63, 3.8) is 0 Å². The van der Waals surface area contributed by atoms with Crippen LogP contribution in [0.2, 0.25) is 0 Å². The summed E-state index contributed by atoms with van der Waals surface area (Å²) in [7, 11) is 0. The maximum atomic E-state index is 12.9. The fourth-order valence-electron chi connectivity index (χ4n) is 4.20. The predicted octanol–water partition coefficient (Wildman–Crippen LogP) is 4.07. The molecule has 1 aliphatic carbocycles. The molecule has 0 aromatic heterocycles. The third-order valence-corrected chi connectivity index (χ3v) is 5.68. The number of ketones is 1. The van der Waals surface area contributed by atoms with E-state index >= 15 is 0 Å². The van der Waals surface area contributed by atoms with Crippen LogP contribution in [0.5, 0.6) is 0 Å². The highest BCUT2D eigenvalue weighted by Gasteiger charge is 2.43. The Morgan fingerprint density at radius 2 is 1.74 bits per heavy atom. The number of hydrogen-bond acceptors (Lipinski definition) is 3. The number of carbonyl (C=O) groups excluding carboxylic acids is 2. The fourth-order valence-corrected chi connectivity index (χ4v) is 4.60. The summed E-state index contributed by atoms with van der Waals surface area (Å²) in [4.78, 5) is 27.3. The first kappa shape index (κ1) is 20.2. The van der Waals surface area contributed by atoms with Gasteiger partial charge in [0.15, 0.2) is 0 Å². The van der Waals surface area contributed by atoms with Gasteiger partial charge in [-0.1, -0.05) is 32.1 Å². The van der Waals surface area contributed by atoms with Crippen LogP contribution in [0.4, 0.5) is 5.69 Å². The second-order valence-corrected chi connectivity index (χ2v) is 8.78. The number of benzene rings is 1. The molecule has 2 aliphatic rings. The second kappa shape index (κ2) is 8.24. The number of carbonyl (C=O) groups is 2. The van der Waals surface area contributed by atoms with Crippen molar-refractivity contribution in [1.29, 1.82) is 0 Å². The van der Waals surface area contributed by atoms with E-state index in [9.17, 15) is 9.59 Å². The van der Waals surface area contributed by atoms with Crippen molar-refractivity contribution in [2.45, 2.75) is 32.6 Å². The van der Waals surface area contributed by atoms with Crippen molar-refractivity contribution in [3.8, 4) is 0 Å². The van der Waals surface area contributed by atoms with E-state index < -0.39 is 0 Å². The molecule has 0 saturated carbocycles. The van der Waals surface area contributed by atoms with Crippen LogP contribution in [0, 0.1) is 11.3 Å². The van der Waals surface area contributed by atoms with Crippen molar-refractivity contribution in [1.82, 2.24) is 5.32 Å². The highest BCUT2D eigenvalue weighted by Crippen LogP contribution is 2.43. The standard InChI is InChI=1S/C21H26Cl2N2O2/c1-21(2)12-17-20(18(26)13-21)16(11-19(27)24-17)14-3-5-15(6-4-14)25(9-7-22)10-8-23/h3-6,12,16,20H,7-11,13H2,1-2H3,(H,24,27)/t16-,20-/m0/s1. The molecule has 146 valence electrons. The quantitative estimate of drug-likeness (QED) is 0.721. The highest BCUT2D eigenvalue weighted by molar-refractivity contribution is 6.18. The fraction of sp³-hybridized carbons (Fsp3) is 0.524. The SMILES string of the molecule is CC1(C)C=C2NC(=O)C[C@@H](c3ccc(N(CCCl)CCCl)cc3)[C@@H]2C(=O)C1. The number of nitrogens with zero attached hydrogens (tertiary/aromatic N) is 1. The van der Waals surface area contributed by atoms with Crippen LogP contribution in [0.1, 0.15) is 38.2 Å². The van der Waals surface area contributed by atoms with Crippen molar-refractivity contribution >= 4 is 40.6 Å². The number of Topliss-reactive ketones (excluding diaryl/α,β-unsaturated/α-hetero) is 1. The van der Waals surface area contributed by atoms with Gasteiger partial charge < -0.3 is 10.2 Å². The molecule has 1 heterocycles. The molecule has 2 atom stereocenters. The number of nitrogens with one attached hydrogen (secondary N) is 1. The first-order valence-corrected chi connectivity index (χ1v) is 10.4. The number of piperidine rings is 1. The summed E-state index contributed by atoms with van der Waals surface area (Å²) in [5, 5.41) is 2.93. The van der Waals surface area contributed by atoms with Gasteiger partial charge in [-0.15, -0.1) is 23.2 Å². The molecule has 4 nitrogen and oxygen atoms in total. The summed E-state index contributed by atoms with van der Waals surface area (Å²) in [5.74, 6) is 0.866. The summed E-state index contributed by atoms with van der Waals surface area (Å²) in [6, 6.07) is 8.11. The zero-order valence-corrected chi connectivity index (χ0v) is 17.3. The van der Waals surface area contributed by atoms with Crippen LogP contribution >= 0.6 is 23.2 Å². The van der Waals surface area contributed by atoms with E-state index in [0.717, 1.165) is 30.0 Å². The van der Waals surface area contributed by atoms with Gasteiger partial charge in [0.2, 0.25) is 5.91 Å². The Kier molecular flexibility index (Phi) is 6.17. The summed E-state index contributed by atoms with van der Waals surface area (Å²) in [6.45, 7) is 5.51. The lowest BCUT2D eigenvalue weighted by Gasteiger charge is -2.39. The van der Waals surface area contributed by atoms with Crippen molar-refractivity contribution in [3.05, 3.63) is 41.6 Å². The van der Waals surface area contributed by atoms with E-state index in [1.165, 1.54) is 0 Å². The third kappa shape index (κ3) is 4.49. The lowest BCUT2D eigenvalue weighted by Crippen LogP contribution is -2.45. The molecule has 1 aliphatic heterocycles. The number of hydrogen-bond donors (Lipinski definition) is 1. The lowest BCUT2D eigenvalue weighted by atomic mass is 9.68. The Bertz CT molecular complexity index is 737. The molecule has 27 heavy (non-hydrogen) atoms. The smallest absolute Gasteiger partial charge is 0.224 e. The summed E-state index contributed by atoms with van der Waals surface area (Å²) < 4.78 is 0. The molecular weight excluding hydrogens is 383 g/mol. The first-order chi connectivity index (χ1) is 12.8. The lowest BCUT2D eigenvalue weighted by molar-refractivity contribution is -0.128. The molecule has 0 spiro atoms. The van der Waals surface area contributed by atoms with E-state index in [1.807, 2.05) is 38.1 Å². The van der Waals surface area contributed by atoms with Crippen LogP contribution in [-0.4, -0.2) is 36.5 Å². The number of halogens is 2. The van der Waals surface area contributed by atoms with Crippen molar-refractivity contribution in [2.24, 2.45) is 11.3 Å². The predicted molar refractivity (Wildman–Crippen MR) is 111 cm³/mol.